The summed E-state index contributed by atoms with van der Waals surface area (Å²) < 4.78 is 11.2. The Kier molecular flexibility index (Phi) is 4.23. The van der Waals surface area contributed by atoms with Gasteiger partial charge in [0.1, 0.15) is 0 Å². The average molecular weight is 228 g/mol. The van der Waals surface area contributed by atoms with Gasteiger partial charge in [-0.25, -0.2) is 0 Å². The first kappa shape index (κ1) is 11.6. The van der Waals surface area contributed by atoms with Crippen LogP contribution in [0.5, 0.6) is 0 Å². The third-order valence-electron chi connectivity index (χ3n) is 3.57. The van der Waals surface area contributed by atoms with Crippen molar-refractivity contribution >= 4 is 9.04 Å². The maximum atomic E-state index is 5.67. The largest absolute Gasteiger partial charge is 0.421 e. The van der Waals surface area contributed by atoms with Gasteiger partial charge in [-0.3, -0.25) is 0 Å². The van der Waals surface area contributed by atoms with Crippen molar-refractivity contribution in [2.24, 2.45) is 5.92 Å². The van der Waals surface area contributed by atoms with Crippen molar-refractivity contribution in [3.63, 3.8) is 0 Å². The van der Waals surface area contributed by atoms with Crippen LogP contribution in [0.4, 0.5) is 0 Å². The molecule has 1 heterocycles. The fourth-order valence-electron chi connectivity index (χ4n) is 2.60. The van der Waals surface area contributed by atoms with Gasteiger partial charge in [-0.05, 0) is 44.7 Å². The van der Waals surface area contributed by atoms with E-state index in [0.717, 1.165) is 12.5 Å². The van der Waals surface area contributed by atoms with Crippen LogP contribution in [-0.4, -0.2) is 27.9 Å². The molecule has 0 aromatic rings. The maximum Gasteiger partial charge on any atom is 0.170 e. The zero-order chi connectivity index (χ0) is 10.7. The van der Waals surface area contributed by atoms with Crippen molar-refractivity contribution in [3.8, 4) is 0 Å². The number of hydrogen-bond donors (Lipinski definition) is 0. The highest BCUT2D eigenvalue weighted by molar-refractivity contribution is 6.48. The Labute approximate surface area is 95.1 Å². The Hall–Kier alpha value is 0.137. The van der Waals surface area contributed by atoms with Crippen LogP contribution < -0.4 is 0 Å². The zero-order valence-electron chi connectivity index (χ0n) is 10.1. The summed E-state index contributed by atoms with van der Waals surface area (Å²) in [5.74, 6) is 0.949. The summed E-state index contributed by atoms with van der Waals surface area (Å²) in [6.45, 7) is 5.48. The van der Waals surface area contributed by atoms with Gasteiger partial charge < -0.3 is 9.16 Å². The van der Waals surface area contributed by atoms with Gasteiger partial charge in [0.15, 0.2) is 9.04 Å². The van der Waals surface area contributed by atoms with E-state index in [9.17, 15) is 0 Å². The van der Waals surface area contributed by atoms with Gasteiger partial charge in [0, 0.05) is 6.61 Å². The molecule has 0 spiro atoms. The predicted octanol–water partition coefficient (Wildman–Crippen LogP) is 2.72. The standard InChI is InChI=1S/C12H24O2Si/c1-15(2)13-8-4-3-5-10-6-7-11-12(9-10)14-11/h10-12,15H,3-9H2,1-2H3. The molecule has 3 heteroatoms. The second-order valence-corrected chi connectivity index (χ2v) is 7.74. The topological polar surface area (TPSA) is 21.8 Å². The molecular weight excluding hydrogens is 204 g/mol. The van der Waals surface area contributed by atoms with Gasteiger partial charge in [-0.15, -0.1) is 0 Å². The number of hydrogen-bond acceptors (Lipinski definition) is 2. The molecule has 1 saturated heterocycles. The molecule has 3 unspecified atom stereocenters. The van der Waals surface area contributed by atoms with Crippen LogP contribution >= 0.6 is 0 Å². The first-order valence-corrected chi connectivity index (χ1v) is 9.31. The van der Waals surface area contributed by atoms with Gasteiger partial charge in [0.2, 0.25) is 0 Å². The summed E-state index contributed by atoms with van der Waals surface area (Å²) in [6.07, 6.45) is 9.39. The molecule has 0 aromatic heterocycles. The Bertz CT molecular complexity index is 196. The van der Waals surface area contributed by atoms with Crippen LogP contribution in [-0.2, 0) is 9.16 Å². The number of unbranched alkanes of at least 4 members (excludes halogenated alkanes) is 1. The molecule has 0 bridgehead atoms. The molecular formula is C12H24O2Si. The molecule has 2 aliphatic rings. The first-order chi connectivity index (χ1) is 7.25. The van der Waals surface area contributed by atoms with E-state index in [-0.39, 0.29) is 0 Å². The second-order valence-electron chi connectivity index (χ2n) is 5.31. The van der Waals surface area contributed by atoms with Crippen molar-refractivity contribution in [1.82, 2.24) is 0 Å². The Morgan fingerprint density at radius 1 is 1.20 bits per heavy atom. The lowest BCUT2D eigenvalue weighted by molar-refractivity contribution is 0.293. The molecule has 2 rings (SSSR count). The van der Waals surface area contributed by atoms with E-state index in [0.29, 0.717) is 12.2 Å². The minimum absolute atomic E-state index is 0.656. The van der Waals surface area contributed by atoms with E-state index < -0.39 is 9.04 Å². The molecule has 88 valence electrons. The van der Waals surface area contributed by atoms with Crippen molar-refractivity contribution in [1.29, 1.82) is 0 Å². The van der Waals surface area contributed by atoms with Crippen molar-refractivity contribution in [3.05, 3.63) is 0 Å². The van der Waals surface area contributed by atoms with Crippen LogP contribution in [0.25, 0.3) is 0 Å². The lowest BCUT2D eigenvalue weighted by atomic mass is 9.86. The average Bonchev–Trinajstić information content (AvgIpc) is 2.94. The third-order valence-corrected chi connectivity index (χ3v) is 4.47. The molecule has 0 N–H and O–H groups in total. The highest BCUT2D eigenvalue weighted by atomic mass is 28.3. The van der Waals surface area contributed by atoms with E-state index >= 15 is 0 Å². The number of fused-ring (bicyclic) bond motifs is 1. The van der Waals surface area contributed by atoms with Crippen molar-refractivity contribution in [2.45, 2.75) is 63.8 Å². The second kappa shape index (κ2) is 5.46. The van der Waals surface area contributed by atoms with E-state index in [4.69, 9.17) is 9.16 Å². The van der Waals surface area contributed by atoms with E-state index in [1.165, 1.54) is 38.5 Å². The van der Waals surface area contributed by atoms with E-state index in [1.54, 1.807) is 0 Å². The smallest absolute Gasteiger partial charge is 0.170 e. The maximum absolute atomic E-state index is 5.67. The minimum Gasteiger partial charge on any atom is -0.421 e. The number of rotatable bonds is 6. The SMILES string of the molecule is C[SiH](C)OCCCCC1CCC2OC2C1. The molecule has 2 fully saturated rings. The first-order valence-electron chi connectivity index (χ1n) is 6.53. The summed E-state index contributed by atoms with van der Waals surface area (Å²) in [4.78, 5) is 0. The van der Waals surface area contributed by atoms with Crippen molar-refractivity contribution in [2.75, 3.05) is 6.61 Å². The molecule has 1 aliphatic heterocycles. The summed E-state index contributed by atoms with van der Waals surface area (Å²) in [7, 11) is -0.771. The molecule has 2 nitrogen and oxygen atoms in total. The fraction of sp³-hybridized carbons (Fsp3) is 1.00. The van der Waals surface area contributed by atoms with E-state index in [1.807, 2.05) is 0 Å². The number of epoxide rings is 1. The zero-order valence-corrected chi connectivity index (χ0v) is 11.2. The molecule has 0 radical (unpaired) electrons. The normalized spacial score (nSPS) is 34.2. The molecule has 1 saturated carbocycles. The summed E-state index contributed by atoms with van der Waals surface area (Å²) in [5.41, 5.74) is 0. The van der Waals surface area contributed by atoms with Gasteiger partial charge in [0.25, 0.3) is 0 Å². The lowest BCUT2D eigenvalue weighted by Gasteiger charge is -2.18. The van der Waals surface area contributed by atoms with Crippen molar-refractivity contribution < 1.29 is 9.16 Å². The molecule has 0 aromatic carbocycles. The van der Waals surface area contributed by atoms with Gasteiger partial charge in [0.05, 0.1) is 12.2 Å². The Morgan fingerprint density at radius 3 is 2.80 bits per heavy atom. The van der Waals surface area contributed by atoms with E-state index in [2.05, 4.69) is 13.1 Å². The third kappa shape index (κ3) is 3.89. The van der Waals surface area contributed by atoms with Crippen LogP contribution in [0.3, 0.4) is 0 Å². The van der Waals surface area contributed by atoms with Gasteiger partial charge in [-0.1, -0.05) is 12.8 Å². The monoisotopic (exact) mass is 228 g/mol. The molecule has 1 aliphatic carbocycles. The predicted molar refractivity (Wildman–Crippen MR) is 64.7 cm³/mol. The van der Waals surface area contributed by atoms with Crippen LogP contribution in [0.15, 0.2) is 0 Å². The summed E-state index contributed by atoms with van der Waals surface area (Å²) in [5, 5.41) is 0. The van der Waals surface area contributed by atoms with Crippen LogP contribution in [0.2, 0.25) is 13.1 Å². The Morgan fingerprint density at radius 2 is 2.07 bits per heavy atom. The summed E-state index contributed by atoms with van der Waals surface area (Å²) >= 11 is 0. The van der Waals surface area contributed by atoms with Crippen LogP contribution in [0, 0.1) is 5.92 Å². The fourth-order valence-corrected chi connectivity index (χ4v) is 3.24. The molecule has 3 atom stereocenters. The quantitative estimate of drug-likeness (QED) is 0.396. The highest BCUT2D eigenvalue weighted by Crippen LogP contribution is 2.40. The van der Waals surface area contributed by atoms with Gasteiger partial charge in [-0.2, -0.15) is 0 Å². The van der Waals surface area contributed by atoms with Crippen LogP contribution in [0.1, 0.15) is 38.5 Å². The highest BCUT2D eigenvalue weighted by Gasteiger charge is 2.43. The Balaban J connectivity index is 1.47. The number of ether oxygens (including phenoxy) is 1. The molecule has 0 amide bonds. The molecule has 15 heavy (non-hydrogen) atoms. The minimum atomic E-state index is -0.771. The summed E-state index contributed by atoms with van der Waals surface area (Å²) in [6, 6.07) is 0. The van der Waals surface area contributed by atoms with Gasteiger partial charge >= 0.3 is 0 Å². The lowest BCUT2D eigenvalue weighted by Crippen LogP contribution is -2.14.